The first-order valence-electron chi connectivity index (χ1n) is 6.61. The van der Waals surface area contributed by atoms with Gasteiger partial charge in [0.2, 0.25) is 5.91 Å². The Bertz CT molecular complexity index is 490. The van der Waals surface area contributed by atoms with Crippen molar-refractivity contribution in [2.75, 3.05) is 7.05 Å². The number of carbonyl (C=O) groups excluding carboxylic acids is 1. The van der Waals surface area contributed by atoms with Crippen molar-refractivity contribution in [3.63, 3.8) is 0 Å². The Kier molecular flexibility index (Phi) is 5.64. The van der Waals surface area contributed by atoms with Crippen LogP contribution in [0.5, 0.6) is 0 Å². The van der Waals surface area contributed by atoms with Crippen molar-refractivity contribution in [3.05, 3.63) is 39.9 Å². The van der Waals surface area contributed by atoms with Crippen molar-refractivity contribution < 1.29 is 9.72 Å². The van der Waals surface area contributed by atoms with E-state index in [-0.39, 0.29) is 24.1 Å². The third-order valence-electron chi connectivity index (χ3n) is 3.51. The van der Waals surface area contributed by atoms with Crippen LogP contribution in [0.3, 0.4) is 0 Å². The van der Waals surface area contributed by atoms with Crippen LogP contribution in [-0.4, -0.2) is 28.8 Å². The highest BCUT2D eigenvalue weighted by Crippen LogP contribution is 2.19. The van der Waals surface area contributed by atoms with Gasteiger partial charge in [0.25, 0.3) is 5.69 Å². The second kappa shape index (κ2) is 7.00. The molecule has 6 heteroatoms. The second-order valence-electron chi connectivity index (χ2n) is 4.99. The van der Waals surface area contributed by atoms with Crippen LogP contribution >= 0.6 is 0 Å². The van der Waals surface area contributed by atoms with Crippen LogP contribution in [0.4, 0.5) is 5.69 Å². The van der Waals surface area contributed by atoms with E-state index < -0.39 is 11.0 Å². The number of carbonyl (C=O) groups is 1. The van der Waals surface area contributed by atoms with E-state index in [1.54, 1.807) is 25.2 Å². The van der Waals surface area contributed by atoms with E-state index in [1.165, 1.54) is 11.0 Å². The summed E-state index contributed by atoms with van der Waals surface area (Å²) in [5, 5.41) is 10.9. The summed E-state index contributed by atoms with van der Waals surface area (Å²) >= 11 is 0. The van der Waals surface area contributed by atoms with Gasteiger partial charge in [0.15, 0.2) is 0 Å². The second-order valence-corrected chi connectivity index (χ2v) is 4.99. The van der Waals surface area contributed by atoms with Crippen molar-refractivity contribution in [3.8, 4) is 0 Å². The minimum absolute atomic E-state index is 0.0178. The summed E-state index contributed by atoms with van der Waals surface area (Å²) < 4.78 is 0. The van der Waals surface area contributed by atoms with Gasteiger partial charge in [-0.25, -0.2) is 0 Å². The Morgan fingerprint density at radius 3 is 2.60 bits per heavy atom. The van der Waals surface area contributed by atoms with Crippen LogP contribution in [0, 0.1) is 16.0 Å². The number of benzene rings is 1. The summed E-state index contributed by atoms with van der Waals surface area (Å²) in [6.45, 7) is 4.07. The Hall–Kier alpha value is -1.95. The van der Waals surface area contributed by atoms with Gasteiger partial charge < -0.3 is 10.6 Å². The first-order valence-corrected chi connectivity index (χ1v) is 6.61. The number of rotatable bonds is 6. The molecule has 1 amide bonds. The standard InChI is InChI=1S/C14H21N3O3/c1-4-10(2)13(15)14(18)16(3)9-11-7-5-6-8-12(11)17(19)20/h5-8,10,13H,4,9,15H2,1-3H3/t10?,13-/m0/s1. The first kappa shape index (κ1) is 16.1. The lowest BCUT2D eigenvalue weighted by Crippen LogP contribution is -2.45. The van der Waals surface area contributed by atoms with E-state index >= 15 is 0 Å². The predicted octanol–water partition coefficient (Wildman–Crippen LogP) is 1.93. The molecule has 1 unspecified atom stereocenters. The molecule has 0 aliphatic rings. The van der Waals surface area contributed by atoms with Crippen molar-refractivity contribution in [1.82, 2.24) is 4.90 Å². The molecule has 1 aromatic rings. The maximum atomic E-state index is 12.2. The number of likely N-dealkylation sites (N-methyl/N-ethyl adjacent to an activating group) is 1. The molecule has 0 saturated carbocycles. The van der Waals surface area contributed by atoms with E-state index in [1.807, 2.05) is 13.8 Å². The lowest BCUT2D eigenvalue weighted by molar-refractivity contribution is -0.385. The first-order chi connectivity index (χ1) is 9.38. The fourth-order valence-electron chi connectivity index (χ4n) is 1.91. The summed E-state index contributed by atoms with van der Waals surface area (Å²) in [7, 11) is 1.61. The molecule has 1 aromatic carbocycles. The molecule has 0 fully saturated rings. The monoisotopic (exact) mass is 279 g/mol. The zero-order valence-electron chi connectivity index (χ0n) is 12.1. The normalized spacial score (nSPS) is 13.6. The molecule has 110 valence electrons. The third-order valence-corrected chi connectivity index (χ3v) is 3.51. The number of hydrogen-bond donors (Lipinski definition) is 1. The Labute approximate surface area is 118 Å². The molecule has 2 atom stereocenters. The van der Waals surface area contributed by atoms with Gasteiger partial charge in [-0.1, -0.05) is 38.5 Å². The Balaban J connectivity index is 2.83. The largest absolute Gasteiger partial charge is 0.340 e. The van der Waals surface area contributed by atoms with E-state index in [4.69, 9.17) is 5.73 Å². The van der Waals surface area contributed by atoms with Crippen molar-refractivity contribution >= 4 is 11.6 Å². The number of amides is 1. The van der Waals surface area contributed by atoms with E-state index in [0.717, 1.165) is 6.42 Å². The predicted molar refractivity (Wildman–Crippen MR) is 77.0 cm³/mol. The van der Waals surface area contributed by atoms with Crippen LogP contribution in [0.1, 0.15) is 25.8 Å². The molecule has 0 heterocycles. The average molecular weight is 279 g/mol. The smallest absolute Gasteiger partial charge is 0.274 e. The Morgan fingerprint density at radius 2 is 2.05 bits per heavy atom. The van der Waals surface area contributed by atoms with E-state index in [0.29, 0.717) is 5.56 Å². The molecule has 0 aromatic heterocycles. The van der Waals surface area contributed by atoms with Gasteiger partial charge in [-0.2, -0.15) is 0 Å². The molecule has 0 aliphatic heterocycles. The van der Waals surface area contributed by atoms with Gasteiger partial charge in [0, 0.05) is 18.7 Å². The number of nitrogens with two attached hydrogens (primary N) is 1. The topological polar surface area (TPSA) is 89.5 Å². The maximum absolute atomic E-state index is 12.2. The Morgan fingerprint density at radius 1 is 1.45 bits per heavy atom. The highest BCUT2D eigenvalue weighted by Gasteiger charge is 2.24. The lowest BCUT2D eigenvalue weighted by atomic mass is 9.99. The maximum Gasteiger partial charge on any atom is 0.274 e. The molecule has 20 heavy (non-hydrogen) atoms. The van der Waals surface area contributed by atoms with Crippen LogP contribution in [0.2, 0.25) is 0 Å². The molecular weight excluding hydrogens is 258 g/mol. The molecule has 0 bridgehead atoms. The minimum atomic E-state index is -0.576. The number of para-hydroxylation sites is 1. The molecule has 0 aliphatic carbocycles. The van der Waals surface area contributed by atoms with Gasteiger partial charge in [-0.3, -0.25) is 14.9 Å². The number of hydrogen-bond acceptors (Lipinski definition) is 4. The average Bonchev–Trinajstić information content (AvgIpc) is 2.45. The van der Waals surface area contributed by atoms with Gasteiger partial charge in [-0.05, 0) is 5.92 Å². The molecular formula is C14H21N3O3. The van der Waals surface area contributed by atoms with Crippen LogP contribution in [0.25, 0.3) is 0 Å². The van der Waals surface area contributed by atoms with Crippen molar-refractivity contribution in [1.29, 1.82) is 0 Å². The van der Waals surface area contributed by atoms with Crippen LogP contribution < -0.4 is 5.73 Å². The van der Waals surface area contributed by atoms with Gasteiger partial charge in [0.05, 0.1) is 17.5 Å². The quantitative estimate of drug-likeness (QED) is 0.636. The number of nitro benzene ring substituents is 1. The zero-order valence-corrected chi connectivity index (χ0v) is 12.1. The van der Waals surface area contributed by atoms with Crippen LogP contribution in [-0.2, 0) is 11.3 Å². The zero-order chi connectivity index (χ0) is 15.3. The summed E-state index contributed by atoms with van der Waals surface area (Å²) in [6.07, 6.45) is 0.812. The fourth-order valence-corrected chi connectivity index (χ4v) is 1.91. The summed E-state index contributed by atoms with van der Waals surface area (Å²) in [5.41, 5.74) is 6.42. The molecule has 2 N–H and O–H groups in total. The molecule has 6 nitrogen and oxygen atoms in total. The van der Waals surface area contributed by atoms with E-state index in [9.17, 15) is 14.9 Å². The summed E-state index contributed by atoms with van der Waals surface area (Å²) in [6, 6.07) is 5.83. The lowest BCUT2D eigenvalue weighted by Gasteiger charge is -2.24. The van der Waals surface area contributed by atoms with Gasteiger partial charge in [0.1, 0.15) is 0 Å². The highest BCUT2D eigenvalue weighted by atomic mass is 16.6. The molecule has 0 saturated heterocycles. The van der Waals surface area contributed by atoms with Gasteiger partial charge >= 0.3 is 0 Å². The SMILES string of the molecule is CCC(C)[C@H](N)C(=O)N(C)Cc1ccccc1[N+](=O)[O-]. The third kappa shape index (κ3) is 3.77. The summed E-state index contributed by atoms with van der Waals surface area (Å²) in [4.78, 5) is 24.1. The number of nitro groups is 1. The van der Waals surface area contributed by atoms with E-state index in [2.05, 4.69) is 0 Å². The molecule has 1 rings (SSSR count). The fraction of sp³-hybridized carbons (Fsp3) is 0.500. The van der Waals surface area contributed by atoms with Crippen LogP contribution in [0.15, 0.2) is 24.3 Å². The van der Waals surface area contributed by atoms with Crippen molar-refractivity contribution in [2.45, 2.75) is 32.9 Å². The highest BCUT2D eigenvalue weighted by molar-refractivity contribution is 5.81. The minimum Gasteiger partial charge on any atom is -0.340 e. The van der Waals surface area contributed by atoms with Gasteiger partial charge in [-0.15, -0.1) is 0 Å². The molecule has 0 radical (unpaired) electrons. The molecule has 0 spiro atoms. The number of nitrogens with zero attached hydrogens (tertiary/aromatic N) is 2. The van der Waals surface area contributed by atoms with Crippen molar-refractivity contribution in [2.24, 2.45) is 11.7 Å². The summed E-state index contributed by atoms with van der Waals surface area (Å²) in [5.74, 6) is -0.117.